The first kappa shape index (κ1) is 19.9. The van der Waals surface area contributed by atoms with Gasteiger partial charge in [0, 0.05) is 30.0 Å². The maximum Gasteiger partial charge on any atom is 0.147 e. The summed E-state index contributed by atoms with van der Waals surface area (Å²) in [5, 5.41) is 25.3. The molecule has 2 aromatic carbocycles. The average Bonchev–Trinajstić information content (AvgIpc) is 2.77. The zero-order chi connectivity index (χ0) is 21.1. The number of hydrogen-bond donors (Lipinski definition) is 4. The van der Waals surface area contributed by atoms with Crippen molar-refractivity contribution in [3.63, 3.8) is 0 Å². The van der Waals surface area contributed by atoms with Gasteiger partial charge in [0.15, 0.2) is 0 Å². The lowest BCUT2D eigenvalue weighted by Crippen LogP contribution is -2.15. The van der Waals surface area contributed by atoms with E-state index in [0.717, 1.165) is 10.9 Å². The summed E-state index contributed by atoms with van der Waals surface area (Å²) in [6.07, 6.45) is 3.74. The van der Waals surface area contributed by atoms with Gasteiger partial charge in [-0.25, -0.2) is 4.98 Å². The Bertz CT molecular complexity index is 1180. The van der Waals surface area contributed by atoms with Gasteiger partial charge in [0.05, 0.1) is 16.8 Å². The standard InChI is InChI=1S/C23H21ClN4O2/c24-20-16(5-3-7-18(20)25)21(28-19-8-1-2-10-26-19)17-13-14(9-12-29)15-6-4-11-27-22(15)23(17)30/h1-8,10-11,13,21,29-30H,9,12,25H2,(H,26,28). The average molecular weight is 421 g/mol. The lowest BCUT2D eigenvalue weighted by atomic mass is 9.92. The molecule has 0 bridgehead atoms. The maximum absolute atomic E-state index is 11.2. The summed E-state index contributed by atoms with van der Waals surface area (Å²) in [5.74, 6) is 0.657. The number of fused-ring (bicyclic) bond motifs is 1. The number of aromatic hydroxyl groups is 1. The molecule has 2 aromatic heterocycles. The molecule has 0 aliphatic heterocycles. The number of rotatable bonds is 6. The summed E-state index contributed by atoms with van der Waals surface area (Å²) in [7, 11) is 0. The molecule has 0 saturated carbocycles. The van der Waals surface area contributed by atoms with Crippen molar-refractivity contribution in [2.45, 2.75) is 12.5 Å². The van der Waals surface area contributed by atoms with E-state index < -0.39 is 6.04 Å². The van der Waals surface area contributed by atoms with Crippen molar-refractivity contribution in [1.29, 1.82) is 0 Å². The Morgan fingerprint density at radius 1 is 1.00 bits per heavy atom. The molecule has 152 valence electrons. The van der Waals surface area contributed by atoms with Crippen molar-refractivity contribution in [2.75, 3.05) is 17.7 Å². The minimum Gasteiger partial charge on any atom is -0.505 e. The predicted molar refractivity (Wildman–Crippen MR) is 120 cm³/mol. The first-order valence-electron chi connectivity index (χ1n) is 9.52. The number of pyridine rings is 2. The maximum atomic E-state index is 11.2. The molecule has 0 aliphatic carbocycles. The minimum atomic E-state index is -0.542. The highest BCUT2D eigenvalue weighted by atomic mass is 35.5. The number of nitrogens with zero attached hydrogens (tertiary/aromatic N) is 2. The summed E-state index contributed by atoms with van der Waals surface area (Å²) in [6, 6.07) is 15.9. The van der Waals surface area contributed by atoms with Crippen molar-refractivity contribution in [3.8, 4) is 5.75 Å². The molecule has 2 heterocycles. The number of nitrogens with one attached hydrogen (secondary N) is 1. The third-order valence-electron chi connectivity index (χ3n) is 5.00. The first-order valence-corrected chi connectivity index (χ1v) is 9.89. The third kappa shape index (κ3) is 3.75. The largest absolute Gasteiger partial charge is 0.505 e. The van der Waals surface area contributed by atoms with E-state index in [1.807, 2.05) is 42.5 Å². The molecule has 1 atom stereocenters. The Labute approximate surface area is 179 Å². The fraction of sp³-hybridized carbons (Fsp3) is 0.130. The van der Waals surface area contributed by atoms with Gasteiger partial charge in [-0.05, 0) is 47.9 Å². The summed E-state index contributed by atoms with van der Waals surface area (Å²) >= 11 is 6.55. The molecule has 0 fully saturated rings. The number of nitrogens with two attached hydrogens (primary N) is 1. The number of phenolic OH excluding ortho intramolecular Hbond substituents is 1. The highest BCUT2D eigenvalue weighted by molar-refractivity contribution is 6.34. The Morgan fingerprint density at radius 3 is 2.60 bits per heavy atom. The second-order valence-corrected chi connectivity index (χ2v) is 7.27. The normalized spacial score (nSPS) is 12.1. The molecule has 30 heavy (non-hydrogen) atoms. The van der Waals surface area contributed by atoms with Crippen molar-refractivity contribution in [2.24, 2.45) is 0 Å². The van der Waals surface area contributed by atoms with Crippen LogP contribution in [-0.2, 0) is 6.42 Å². The van der Waals surface area contributed by atoms with Crippen LogP contribution in [-0.4, -0.2) is 26.8 Å². The number of nitrogen functional groups attached to an aromatic ring is 1. The van der Waals surface area contributed by atoms with E-state index in [-0.39, 0.29) is 12.4 Å². The van der Waals surface area contributed by atoms with Crippen molar-refractivity contribution in [3.05, 3.63) is 88.7 Å². The molecule has 0 aliphatic rings. The number of hydrogen-bond acceptors (Lipinski definition) is 6. The lowest BCUT2D eigenvalue weighted by molar-refractivity contribution is 0.300. The zero-order valence-corrected chi connectivity index (χ0v) is 16.8. The van der Waals surface area contributed by atoms with Crippen LogP contribution in [0, 0.1) is 0 Å². The van der Waals surface area contributed by atoms with Crippen molar-refractivity contribution < 1.29 is 10.2 Å². The van der Waals surface area contributed by atoms with Crippen LogP contribution in [0.3, 0.4) is 0 Å². The van der Waals surface area contributed by atoms with Crippen molar-refractivity contribution >= 4 is 34.0 Å². The summed E-state index contributed by atoms with van der Waals surface area (Å²) in [5.41, 5.74) is 9.10. The number of aliphatic hydroxyl groups excluding tert-OH is 1. The van der Waals surface area contributed by atoms with E-state index in [1.165, 1.54) is 0 Å². The van der Waals surface area contributed by atoms with Crippen LogP contribution in [0.1, 0.15) is 22.7 Å². The van der Waals surface area contributed by atoms with E-state index in [2.05, 4.69) is 15.3 Å². The van der Waals surface area contributed by atoms with Gasteiger partial charge in [-0.3, -0.25) is 4.98 Å². The van der Waals surface area contributed by atoms with E-state index in [4.69, 9.17) is 17.3 Å². The molecule has 6 nitrogen and oxygen atoms in total. The van der Waals surface area contributed by atoms with Gasteiger partial charge in [-0.1, -0.05) is 35.9 Å². The summed E-state index contributed by atoms with van der Waals surface area (Å²) in [6.45, 7) is -0.0222. The summed E-state index contributed by atoms with van der Waals surface area (Å²) < 4.78 is 0. The molecule has 0 radical (unpaired) electrons. The molecular formula is C23H21ClN4O2. The van der Waals surface area contributed by atoms with E-state index >= 15 is 0 Å². The zero-order valence-electron chi connectivity index (χ0n) is 16.1. The van der Waals surface area contributed by atoms with Crippen LogP contribution in [0.4, 0.5) is 11.5 Å². The van der Waals surface area contributed by atoms with Crippen LogP contribution in [0.5, 0.6) is 5.75 Å². The third-order valence-corrected chi connectivity index (χ3v) is 5.44. The molecule has 0 spiro atoms. The van der Waals surface area contributed by atoms with Gasteiger partial charge in [-0.2, -0.15) is 0 Å². The van der Waals surface area contributed by atoms with Gasteiger partial charge in [0.1, 0.15) is 17.1 Å². The molecular weight excluding hydrogens is 400 g/mol. The van der Waals surface area contributed by atoms with E-state index in [0.29, 0.717) is 39.6 Å². The monoisotopic (exact) mass is 420 g/mol. The smallest absolute Gasteiger partial charge is 0.147 e. The minimum absolute atomic E-state index is 0.0222. The molecule has 7 heteroatoms. The van der Waals surface area contributed by atoms with E-state index in [1.54, 1.807) is 24.5 Å². The van der Waals surface area contributed by atoms with Crippen LogP contribution in [0.2, 0.25) is 5.02 Å². The summed E-state index contributed by atoms with van der Waals surface area (Å²) in [4.78, 5) is 8.72. The van der Waals surface area contributed by atoms with Gasteiger partial charge >= 0.3 is 0 Å². The van der Waals surface area contributed by atoms with Crippen LogP contribution < -0.4 is 11.1 Å². The lowest BCUT2D eigenvalue weighted by Gasteiger charge is -2.24. The Morgan fingerprint density at radius 2 is 1.83 bits per heavy atom. The Balaban J connectivity index is 1.96. The Kier molecular flexibility index (Phi) is 5.70. The van der Waals surface area contributed by atoms with E-state index in [9.17, 15) is 10.2 Å². The molecule has 0 saturated heterocycles. The van der Waals surface area contributed by atoms with Crippen LogP contribution in [0.25, 0.3) is 10.9 Å². The fourth-order valence-electron chi connectivity index (χ4n) is 3.58. The van der Waals surface area contributed by atoms with Gasteiger partial charge in [-0.15, -0.1) is 0 Å². The molecule has 5 N–H and O–H groups in total. The number of aromatic nitrogens is 2. The fourth-order valence-corrected chi connectivity index (χ4v) is 3.82. The predicted octanol–water partition coefficient (Wildman–Crippen LogP) is 4.31. The SMILES string of the molecule is Nc1cccc(C(Nc2ccccn2)c2cc(CCO)c3cccnc3c2O)c1Cl. The molecule has 0 amide bonds. The number of anilines is 2. The number of aliphatic hydroxyl groups is 1. The Hall–Kier alpha value is -3.35. The second-order valence-electron chi connectivity index (χ2n) is 6.89. The van der Waals surface area contributed by atoms with Gasteiger partial charge in [0.25, 0.3) is 0 Å². The molecule has 4 aromatic rings. The molecule has 1 unspecified atom stereocenters. The number of benzene rings is 2. The second kappa shape index (κ2) is 8.57. The first-order chi connectivity index (χ1) is 14.6. The number of halogens is 1. The van der Waals surface area contributed by atoms with Gasteiger partial charge in [0.2, 0.25) is 0 Å². The molecule has 4 rings (SSSR count). The van der Waals surface area contributed by atoms with Gasteiger partial charge < -0.3 is 21.3 Å². The van der Waals surface area contributed by atoms with Crippen LogP contribution in [0.15, 0.2) is 67.0 Å². The highest BCUT2D eigenvalue weighted by Crippen LogP contribution is 2.41. The van der Waals surface area contributed by atoms with Crippen molar-refractivity contribution in [1.82, 2.24) is 9.97 Å². The highest BCUT2D eigenvalue weighted by Gasteiger charge is 2.24. The van der Waals surface area contributed by atoms with Crippen LogP contribution >= 0.6 is 11.6 Å². The topological polar surface area (TPSA) is 104 Å². The number of phenols is 1. The quantitative estimate of drug-likeness (QED) is 0.346.